The number of ether oxygens (including phenoxy) is 1. The number of nitrogens with two attached hydrogens (primary N) is 1. The van der Waals surface area contributed by atoms with Gasteiger partial charge in [0.2, 0.25) is 5.91 Å². The van der Waals surface area contributed by atoms with Crippen LogP contribution >= 0.6 is 0 Å². The number of amides is 1. The van der Waals surface area contributed by atoms with Crippen molar-refractivity contribution in [3.05, 3.63) is 12.3 Å². The molecule has 1 unspecified atom stereocenters. The molecule has 2 heterocycles. The van der Waals surface area contributed by atoms with E-state index in [9.17, 15) is 9.59 Å². The van der Waals surface area contributed by atoms with Crippen LogP contribution in [-0.2, 0) is 20.9 Å². The molecule has 1 aliphatic heterocycles. The monoisotopic (exact) mass is 280 g/mol. The van der Waals surface area contributed by atoms with E-state index in [4.69, 9.17) is 10.5 Å². The number of hydrogen-bond acceptors (Lipinski definition) is 5. The lowest BCUT2D eigenvalue weighted by molar-refractivity contribution is -0.156. The zero-order valence-electron chi connectivity index (χ0n) is 11.6. The standard InChI is InChI=1S/C13H20N4O3/c1-2-20-13(19)10-5-3-4-7-17(10)12(18)9-16-8-6-11(14)15-16/h6,8,10H,2-5,7,9H2,1H3,(H2,14,15). The van der Waals surface area contributed by atoms with E-state index in [1.54, 1.807) is 24.1 Å². The lowest BCUT2D eigenvalue weighted by atomic mass is 10.0. The molecule has 2 N–H and O–H groups in total. The first-order chi connectivity index (χ1) is 9.61. The maximum Gasteiger partial charge on any atom is 0.328 e. The number of carbonyl (C=O) groups is 2. The van der Waals surface area contributed by atoms with Gasteiger partial charge in [0.15, 0.2) is 0 Å². The number of hydrogen-bond donors (Lipinski definition) is 1. The van der Waals surface area contributed by atoms with Crippen LogP contribution in [0.15, 0.2) is 12.3 Å². The molecule has 1 aromatic rings. The topological polar surface area (TPSA) is 90.5 Å². The fraction of sp³-hybridized carbons (Fsp3) is 0.615. The summed E-state index contributed by atoms with van der Waals surface area (Å²) in [5, 5.41) is 3.98. The van der Waals surface area contributed by atoms with Crippen molar-refractivity contribution < 1.29 is 14.3 Å². The van der Waals surface area contributed by atoms with Gasteiger partial charge in [0.05, 0.1) is 6.61 Å². The van der Waals surface area contributed by atoms with E-state index in [2.05, 4.69) is 5.10 Å². The van der Waals surface area contributed by atoms with Crippen molar-refractivity contribution in [1.82, 2.24) is 14.7 Å². The number of rotatable bonds is 4. The van der Waals surface area contributed by atoms with Crippen LogP contribution in [0.5, 0.6) is 0 Å². The highest BCUT2D eigenvalue weighted by atomic mass is 16.5. The maximum absolute atomic E-state index is 12.3. The lowest BCUT2D eigenvalue weighted by Gasteiger charge is -2.34. The molecule has 1 aromatic heterocycles. The Bertz CT molecular complexity index is 486. The molecule has 0 bridgehead atoms. The molecule has 1 fully saturated rings. The molecule has 0 spiro atoms. The van der Waals surface area contributed by atoms with Gasteiger partial charge in [-0.25, -0.2) is 4.79 Å². The van der Waals surface area contributed by atoms with Crippen molar-refractivity contribution in [2.75, 3.05) is 18.9 Å². The van der Waals surface area contributed by atoms with Gasteiger partial charge in [-0.2, -0.15) is 5.10 Å². The number of aromatic nitrogens is 2. The molecule has 2 rings (SSSR count). The molecule has 1 saturated heterocycles. The summed E-state index contributed by atoms with van der Waals surface area (Å²) in [6.45, 7) is 2.76. The van der Waals surface area contributed by atoms with Crippen LogP contribution in [0.3, 0.4) is 0 Å². The van der Waals surface area contributed by atoms with Gasteiger partial charge in [-0.3, -0.25) is 9.48 Å². The summed E-state index contributed by atoms with van der Waals surface area (Å²) in [4.78, 5) is 25.8. The number of nitrogen functional groups attached to an aromatic ring is 1. The molecule has 1 aliphatic rings. The van der Waals surface area contributed by atoms with E-state index in [1.807, 2.05) is 0 Å². The second-order valence-electron chi connectivity index (χ2n) is 4.79. The van der Waals surface area contributed by atoms with Gasteiger partial charge in [-0.15, -0.1) is 0 Å². The highest BCUT2D eigenvalue weighted by Crippen LogP contribution is 2.19. The van der Waals surface area contributed by atoms with Crippen molar-refractivity contribution in [1.29, 1.82) is 0 Å². The van der Waals surface area contributed by atoms with Gasteiger partial charge in [-0.05, 0) is 32.3 Å². The minimum absolute atomic E-state index is 0.0904. The molecule has 7 nitrogen and oxygen atoms in total. The third kappa shape index (κ3) is 3.28. The number of nitrogens with zero attached hydrogens (tertiary/aromatic N) is 3. The maximum atomic E-state index is 12.3. The van der Waals surface area contributed by atoms with E-state index < -0.39 is 6.04 Å². The molecule has 0 radical (unpaired) electrons. The summed E-state index contributed by atoms with van der Waals surface area (Å²) < 4.78 is 6.52. The van der Waals surface area contributed by atoms with Crippen LogP contribution in [0.4, 0.5) is 5.82 Å². The number of esters is 1. The normalized spacial score (nSPS) is 18.9. The van der Waals surface area contributed by atoms with Crippen LogP contribution in [0.2, 0.25) is 0 Å². The molecule has 1 atom stereocenters. The van der Waals surface area contributed by atoms with Crippen LogP contribution in [-0.4, -0.2) is 45.8 Å². The Morgan fingerprint density at radius 1 is 1.50 bits per heavy atom. The predicted octanol–water partition coefficient (Wildman–Crippen LogP) is 0.409. The first-order valence-corrected chi connectivity index (χ1v) is 6.87. The first-order valence-electron chi connectivity index (χ1n) is 6.87. The number of anilines is 1. The minimum atomic E-state index is -0.468. The third-order valence-electron chi connectivity index (χ3n) is 3.34. The average molecular weight is 280 g/mol. The Morgan fingerprint density at radius 2 is 2.30 bits per heavy atom. The highest BCUT2D eigenvalue weighted by molar-refractivity contribution is 5.84. The number of likely N-dealkylation sites (tertiary alicyclic amines) is 1. The fourth-order valence-corrected chi connectivity index (χ4v) is 2.41. The second kappa shape index (κ2) is 6.40. The van der Waals surface area contributed by atoms with Crippen LogP contribution in [0.25, 0.3) is 0 Å². The van der Waals surface area contributed by atoms with E-state index in [-0.39, 0.29) is 18.4 Å². The average Bonchev–Trinajstić information content (AvgIpc) is 2.84. The summed E-state index contributed by atoms with van der Waals surface area (Å²) in [6.07, 6.45) is 4.15. The lowest BCUT2D eigenvalue weighted by Crippen LogP contribution is -2.49. The van der Waals surface area contributed by atoms with Crippen LogP contribution in [0, 0.1) is 0 Å². The molecular weight excluding hydrogens is 260 g/mol. The van der Waals surface area contributed by atoms with Gasteiger partial charge in [0.25, 0.3) is 0 Å². The van der Waals surface area contributed by atoms with Crippen molar-refractivity contribution >= 4 is 17.7 Å². The molecule has 1 amide bonds. The number of carbonyl (C=O) groups excluding carboxylic acids is 2. The summed E-state index contributed by atoms with van der Waals surface area (Å²) >= 11 is 0. The summed E-state index contributed by atoms with van der Waals surface area (Å²) in [5.74, 6) is -0.0789. The summed E-state index contributed by atoms with van der Waals surface area (Å²) in [7, 11) is 0. The zero-order chi connectivity index (χ0) is 14.5. The number of piperidine rings is 1. The molecule has 0 aromatic carbocycles. The van der Waals surface area contributed by atoms with Crippen molar-refractivity contribution in [2.45, 2.75) is 38.8 Å². The molecular formula is C13H20N4O3. The second-order valence-corrected chi connectivity index (χ2v) is 4.79. The Kier molecular flexibility index (Phi) is 4.60. The Hall–Kier alpha value is -2.05. The van der Waals surface area contributed by atoms with Crippen molar-refractivity contribution in [2.24, 2.45) is 0 Å². The molecule has 0 saturated carbocycles. The molecule has 7 heteroatoms. The van der Waals surface area contributed by atoms with Crippen molar-refractivity contribution in [3.63, 3.8) is 0 Å². The van der Waals surface area contributed by atoms with Gasteiger partial charge in [0.1, 0.15) is 18.4 Å². The van der Waals surface area contributed by atoms with Gasteiger partial charge in [-0.1, -0.05) is 0 Å². The highest BCUT2D eigenvalue weighted by Gasteiger charge is 2.33. The quantitative estimate of drug-likeness (QED) is 0.807. The first kappa shape index (κ1) is 14.4. The fourth-order valence-electron chi connectivity index (χ4n) is 2.41. The Labute approximate surface area is 117 Å². The molecule has 110 valence electrons. The van der Waals surface area contributed by atoms with Gasteiger partial charge >= 0.3 is 5.97 Å². The van der Waals surface area contributed by atoms with E-state index >= 15 is 0 Å². The minimum Gasteiger partial charge on any atom is -0.464 e. The molecule has 20 heavy (non-hydrogen) atoms. The van der Waals surface area contributed by atoms with E-state index in [0.717, 1.165) is 12.8 Å². The smallest absolute Gasteiger partial charge is 0.328 e. The van der Waals surface area contributed by atoms with Gasteiger partial charge in [0, 0.05) is 12.7 Å². The largest absolute Gasteiger partial charge is 0.464 e. The van der Waals surface area contributed by atoms with Crippen LogP contribution in [0.1, 0.15) is 26.2 Å². The molecule has 0 aliphatic carbocycles. The van der Waals surface area contributed by atoms with E-state index in [1.165, 1.54) is 4.68 Å². The predicted molar refractivity (Wildman–Crippen MR) is 72.6 cm³/mol. The van der Waals surface area contributed by atoms with Crippen molar-refractivity contribution in [3.8, 4) is 0 Å². The van der Waals surface area contributed by atoms with Crippen LogP contribution < -0.4 is 5.73 Å². The Morgan fingerprint density at radius 3 is 2.95 bits per heavy atom. The summed E-state index contributed by atoms with van der Waals surface area (Å²) in [6, 6.07) is 1.16. The van der Waals surface area contributed by atoms with E-state index in [0.29, 0.717) is 25.4 Å². The summed E-state index contributed by atoms with van der Waals surface area (Å²) in [5.41, 5.74) is 5.52. The van der Waals surface area contributed by atoms with Gasteiger partial charge < -0.3 is 15.4 Å². The SMILES string of the molecule is CCOC(=O)C1CCCCN1C(=O)Cn1ccc(N)n1. The third-order valence-corrected chi connectivity index (χ3v) is 3.34. The Balaban J connectivity index is 2.03. The zero-order valence-corrected chi connectivity index (χ0v) is 11.6.